The Labute approximate surface area is 137 Å². The quantitative estimate of drug-likeness (QED) is 0.781. The van der Waals surface area contributed by atoms with Gasteiger partial charge in [0.15, 0.2) is 0 Å². The van der Waals surface area contributed by atoms with E-state index in [1.165, 1.54) is 10.4 Å². The third-order valence-electron chi connectivity index (χ3n) is 4.11. The van der Waals surface area contributed by atoms with Gasteiger partial charge in [-0.3, -0.25) is 4.79 Å². The van der Waals surface area contributed by atoms with Crippen LogP contribution in [0.25, 0.3) is 0 Å². The van der Waals surface area contributed by atoms with Gasteiger partial charge in [-0.2, -0.15) is 0 Å². The molecule has 1 aliphatic carbocycles. The first kappa shape index (κ1) is 14.8. The van der Waals surface area contributed by atoms with Gasteiger partial charge in [-0.1, -0.05) is 15.9 Å². The largest absolute Gasteiger partial charge is 0.325 e. The van der Waals surface area contributed by atoms with Gasteiger partial charge in [-0.15, -0.1) is 11.3 Å². The summed E-state index contributed by atoms with van der Waals surface area (Å²) in [4.78, 5) is 14.1. The second-order valence-corrected chi connectivity index (χ2v) is 7.56. The Kier molecular flexibility index (Phi) is 4.18. The van der Waals surface area contributed by atoms with Crippen molar-refractivity contribution in [2.75, 3.05) is 5.32 Å². The standard InChI is InChI=1S/C17H18BrNOS/c1-10-8-12(18)9-11(2)16(10)19-17(20)14-4-3-5-15-13(14)6-7-21-15/h6-9,14H,3-5H2,1-2H3,(H,19,20). The number of carbonyl (C=O) groups excluding carboxylic acids is 1. The molecule has 21 heavy (non-hydrogen) atoms. The highest BCUT2D eigenvalue weighted by molar-refractivity contribution is 9.10. The Bertz CT molecular complexity index is 669. The Morgan fingerprint density at radius 2 is 2.05 bits per heavy atom. The van der Waals surface area contributed by atoms with E-state index in [4.69, 9.17) is 0 Å². The van der Waals surface area contributed by atoms with Crippen LogP contribution in [0.15, 0.2) is 28.1 Å². The van der Waals surface area contributed by atoms with E-state index in [0.29, 0.717) is 0 Å². The molecule has 1 heterocycles. The molecule has 2 aromatic rings. The number of hydrogen-bond donors (Lipinski definition) is 1. The monoisotopic (exact) mass is 363 g/mol. The minimum absolute atomic E-state index is 0.00227. The van der Waals surface area contributed by atoms with Crippen LogP contribution in [0.4, 0.5) is 5.69 Å². The topological polar surface area (TPSA) is 29.1 Å². The Morgan fingerprint density at radius 3 is 2.76 bits per heavy atom. The van der Waals surface area contributed by atoms with Crippen LogP contribution in [-0.4, -0.2) is 5.91 Å². The van der Waals surface area contributed by atoms with Crippen LogP contribution in [0.2, 0.25) is 0 Å². The Morgan fingerprint density at radius 1 is 1.33 bits per heavy atom. The van der Waals surface area contributed by atoms with Crippen LogP contribution in [0.1, 0.15) is 40.3 Å². The number of hydrogen-bond acceptors (Lipinski definition) is 2. The molecular formula is C17H18BrNOS. The maximum Gasteiger partial charge on any atom is 0.231 e. The van der Waals surface area contributed by atoms with E-state index in [9.17, 15) is 4.79 Å². The number of carbonyl (C=O) groups is 1. The van der Waals surface area contributed by atoms with Gasteiger partial charge in [0, 0.05) is 15.0 Å². The summed E-state index contributed by atoms with van der Waals surface area (Å²) >= 11 is 5.27. The lowest BCUT2D eigenvalue weighted by Crippen LogP contribution is -2.24. The molecule has 1 unspecified atom stereocenters. The minimum atomic E-state index is 0.00227. The fourth-order valence-corrected chi connectivity index (χ4v) is 4.75. The highest BCUT2D eigenvalue weighted by atomic mass is 79.9. The second kappa shape index (κ2) is 5.93. The first-order chi connectivity index (χ1) is 10.1. The van der Waals surface area contributed by atoms with Gasteiger partial charge in [-0.25, -0.2) is 0 Å². The zero-order valence-electron chi connectivity index (χ0n) is 12.2. The lowest BCUT2D eigenvalue weighted by Gasteiger charge is -2.23. The van der Waals surface area contributed by atoms with Crippen molar-refractivity contribution in [2.24, 2.45) is 0 Å². The van der Waals surface area contributed by atoms with E-state index in [-0.39, 0.29) is 11.8 Å². The molecule has 1 atom stereocenters. The highest BCUT2D eigenvalue weighted by Gasteiger charge is 2.27. The zero-order chi connectivity index (χ0) is 15.0. The van der Waals surface area contributed by atoms with Crippen molar-refractivity contribution in [2.45, 2.75) is 39.0 Å². The van der Waals surface area contributed by atoms with Crippen LogP contribution in [0, 0.1) is 13.8 Å². The molecule has 3 rings (SSSR count). The second-order valence-electron chi connectivity index (χ2n) is 5.65. The van der Waals surface area contributed by atoms with Gasteiger partial charge < -0.3 is 5.32 Å². The molecule has 0 spiro atoms. The van der Waals surface area contributed by atoms with Crippen LogP contribution < -0.4 is 5.32 Å². The Hall–Kier alpha value is -1.13. The fraction of sp³-hybridized carbons (Fsp3) is 0.353. The van der Waals surface area contributed by atoms with Crippen LogP contribution in [0.5, 0.6) is 0 Å². The van der Waals surface area contributed by atoms with E-state index in [1.807, 2.05) is 26.0 Å². The van der Waals surface area contributed by atoms with Gasteiger partial charge in [0.2, 0.25) is 5.91 Å². The first-order valence-corrected chi connectivity index (χ1v) is 8.87. The lowest BCUT2D eigenvalue weighted by atomic mass is 9.87. The number of amides is 1. The summed E-state index contributed by atoms with van der Waals surface area (Å²) in [5, 5.41) is 5.25. The normalized spacial score (nSPS) is 17.4. The molecule has 1 N–H and O–H groups in total. The van der Waals surface area contributed by atoms with Crippen LogP contribution in [0.3, 0.4) is 0 Å². The van der Waals surface area contributed by atoms with Gasteiger partial charge in [0.25, 0.3) is 0 Å². The van der Waals surface area contributed by atoms with Crippen molar-refractivity contribution in [3.05, 3.63) is 49.6 Å². The maximum atomic E-state index is 12.7. The summed E-state index contributed by atoms with van der Waals surface area (Å²) in [5.74, 6) is 0.130. The van der Waals surface area contributed by atoms with Crippen LogP contribution >= 0.6 is 27.3 Å². The van der Waals surface area contributed by atoms with Gasteiger partial charge in [0.05, 0.1) is 5.92 Å². The number of fused-ring (bicyclic) bond motifs is 1. The lowest BCUT2D eigenvalue weighted by molar-refractivity contribution is -0.117. The third kappa shape index (κ3) is 2.92. The molecule has 1 aromatic heterocycles. The molecular weight excluding hydrogens is 346 g/mol. The molecule has 0 radical (unpaired) electrons. The average molecular weight is 364 g/mol. The van der Waals surface area contributed by atoms with E-state index < -0.39 is 0 Å². The van der Waals surface area contributed by atoms with E-state index in [2.05, 4.69) is 32.7 Å². The van der Waals surface area contributed by atoms with Crippen molar-refractivity contribution in [1.29, 1.82) is 0 Å². The van der Waals surface area contributed by atoms with Gasteiger partial charge in [0.1, 0.15) is 0 Å². The fourth-order valence-electron chi connectivity index (χ4n) is 3.08. The molecule has 110 valence electrons. The van der Waals surface area contributed by atoms with Crippen molar-refractivity contribution in [3.8, 4) is 0 Å². The summed E-state index contributed by atoms with van der Waals surface area (Å²) in [6.07, 6.45) is 3.17. The number of halogens is 1. The summed E-state index contributed by atoms with van der Waals surface area (Å²) in [6.45, 7) is 4.06. The number of benzene rings is 1. The van der Waals surface area contributed by atoms with Crippen molar-refractivity contribution in [3.63, 3.8) is 0 Å². The molecule has 0 bridgehead atoms. The van der Waals surface area contributed by atoms with E-state index in [1.54, 1.807) is 11.3 Å². The zero-order valence-corrected chi connectivity index (χ0v) is 14.6. The number of rotatable bonds is 2. The predicted octanol–water partition coefficient (Wildman–Crippen LogP) is 5.19. The molecule has 0 saturated heterocycles. The molecule has 4 heteroatoms. The smallest absolute Gasteiger partial charge is 0.231 e. The third-order valence-corrected chi connectivity index (χ3v) is 5.57. The minimum Gasteiger partial charge on any atom is -0.325 e. The van der Waals surface area contributed by atoms with Gasteiger partial charge in [-0.05, 0) is 73.4 Å². The average Bonchev–Trinajstić information content (AvgIpc) is 2.90. The highest BCUT2D eigenvalue weighted by Crippen LogP contribution is 2.36. The number of aryl methyl sites for hydroxylation is 3. The summed E-state index contributed by atoms with van der Waals surface area (Å²) in [6, 6.07) is 6.20. The SMILES string of the molecule is Cc1cc(Br)cc(C)c1NC(=O)C1CCCc2sccc21. The van der Waals surface area contributed by atoms with E-state index >= 15 is 0 Å². The number of nitrogens with one attached hydrogen (secondary N) is 1. The van der Waals surface area contributed by atoms with Crippen molar-refractivity contribution in [1.82, 2.24) is 0 Å². The molecule has 0 fully saturated rings. The Balaban J connectivity index is 1.86. The molecule has 0 saturated carbocycles. The summed E-state index contributed by atoms with van der Waals surface area (Å²) < 4.78 is 1.05. The van der Waals surface area contributed by atoms with E-state index in [0.717, 1.165) is 40.5 Å². The molecule has 1 aliphatic rings. The van der Waals surface area contributed by atoms with Crippen molar-refractivity contribution < 1.29 is 4.79 Å². The summed E-state index contributed by atoms with van der Waals surface area (Å²) in [5.41, 5.74) is 4.37. The molecule has 2 nitrogen and oxygen atoms in total. The maximum absolute atomic E-state index is 12.7. The summed E-state index contributed by atoms with van der Waals surface area (Å²) in [7, 11) is 0. The first-order valence-electron chi connectivity index (χ1n) is 7.20. The molecule has 1 aromatic carbocycles. The van der Waals surface area contributed by atoms with Crippen molar-refractivity contribution >= 4 is 38.9 Å². The van der Waals surface area contributed by atoms with Gasteiger partial charge >= 0.3 is 0 Å². The number of anilines is 1. The molecule has 1 amide bonds. The number of thiophene rings is 1. The predicted molar refractivity (Wildman–Crippen MR) is 92.2 cm³/mol. The molecule has 0 aliphatic heterocycles. The van der Waals surface area contributed by atoms with Crippen LogP contribution in [-0.2, 0) is 11.2 Å².